The van der Waals surface area contributed by atoms with Crippen LogP contribution in [0.15, 0.2) is 33.5 Å². The topological polar surface area (TPSA) is 65.2 Å². The summed E-state index contributed by atoms with van der Waals surface area (Å²) in [6.45, 7) is 10.2. The van der Waals surface area contributed by atoms with Crippen molar-refractivity contribution < 1.29 is 10.2 Å². The van der Waals surface area contributed by atoms with Gasteiger partial charge in [0.15, 0.2) is 0 Å². The van der Waals surface area contributed by atoms with Crippen molar-refractivity contribution >= 4 is 11.4 Å². The van der Waals surface area contributed by atoms with Gasteiger partial charge in [-0.3, -0.25) is 0 Å². The number of aliphatic hydroxyl groups excluding tert-OH is 2. The molecule has 42 heavy (non-hydrogen) atoms. The molecule has 4 heteroatoms. The van der Waals surface area contributed by atoms with Gasteiger partial charge in [0.1, 0.15) is 0 Å². The molecule has 8 aliphatic rings. The molecule has 8 aliphatic carbocycles. The molecule has 0 amide bonds. The molecule has 2 N–H and O–H groups in total. The number of hydrogen-bond donors (Lipinski definition) is 2. The van der Waals surface area contributed by atoms with Crippen LogP contribution in [0.4, 0.5) is 0 Å². The van der Waals surface area contributed by atoms with E-state index in [9.17, 15) is 10.2 Å². The SMILES string of the molecule is C[C@]12CC[C@H](O)CC1=CC[C@H]1[C@H]2CC[C@]2(C)/C(=N\N=C3\CC[C@H]4[C@@H]5CCC6=C[C@@H](O)CC[C@]6(C)[C@H]5CC[C@]34C)CC[C@@H]12. The molecule has 4 nitrogen and oxygen atoms in total. The van der Waals surface area contributed by atoms with E-state index in [1.165, 1.54) is 82.1 Å². The summed E-state index contributed by atoms with van der Waals surface area (Å²) >= 11 is 0. The van der Waals surface area contributed by atoms with E-state index in [4.69, 9.17) is 10.2 Å². The Bertz CT molecular complexity index is 1260. The number of allylic oxidation sites excluding steroid dienone is 2. The Hall–Kier alpha value is -1.26. The zero-order valence-corrected chi connectivity index (χ0v) is 26.9. The standard InChI is InChI=1S/C38H56N2O2/c1-35-17-13-25(41)21-23(35)5-7-27-29-9-11-33(37(29,3)19-15-31(27)35)39-40-34-12-10-30-28-8-6-24-22-26(42)14-18-36(24,2)32(28)16-20-38(30,34)4/h5,22,25-32,41-42H,6-21H2,1-4H3/b39-33-,40-34-/t25-,26-,27+,28-,29-,30-,31+,32-,35-,36-,37-,38-/m0/s1. The highest BCUT2D eigenvalue weighted by molar-refractivity contribution is 5.95. The van der Waals surface area contributed by atoms with Crippen LogP contribution in [0, 0.1) is 57.2 Å². The molecule has 0 spiro atoms. The summed E-state index contributed by atoms with van der Waals surface area (Å²) in [5, 5.41) is 31.2. The molecule has 0 heterocycles. The smallest absolute Gasteiger partial charge is 0.0724 e. The summed E-state index contributed by atoms with van der Waals surface area (Å²) in [6.07, 6.45) is 23.3. The third-order valence-corrected chi connectivity index (χ3v) is 15.9. The Kier molecular flexibility index (Phi) is 6.47. The van der Waals surface area contributed by atoms with Gasteiger partial charge in [-0.2, -0.15) is 10.2 Å². The summed E-state index contributed by atoms with van der Waals surface area (Å²) in [5.74, 6) is 4.61. The highest BCUT2D eigenvalue weighted by Gasteiger charge is 2.60. The van der Waals surface area contributed by atoms with Crippen LogP contribution in [-0.4, -0.2) is 33.8 Å². The first kappa shape index (κ1) is 28.2. The van der Waals surface area contributed by atoms with Gasteiger partial charge in [-0.15, -0.1) is 0 Å². The number of rotatable bonds is 1. The first-order valence-corrected chi connectivity index (χ1v) is 18.0. The lowest BCUT2D eigenvalue weighted by Gasteiger charge is -2.57. The lowest BCUT2D eigenvalue weighted by atomic mass is 9.47. The average molecular weight is 573 g/mol. The summed E-state index contributed by atoms with van der Waals surface area (Å²) in [7, 11) is 0. The molecule has 230 valence electrons. The van der Waals surface area contributed by atoms with Crippen LogP contribution < -0.4 is 0 Å². The minimum atomic E-state index is -0.216. The first-order chi connectivity index (χ1) is 20.1. The van der Waals surface area contributed by atoms with E-state index in [0.717, 1.165) is 67.6 Å². The van der Waals surface area contributed by atoms with Crippen LogP contribution in [0.5, 0.6) is 0 Å². The van der Waals surface area contributed by atoms with Crippen molar-refractivity contribution in [3.05, 3.63) is 23.3 Å². The molecular weight excluding hydrogens is 516 g/mol. The molecule has 0 saturated heterocycles. The maximum absolute atomic E-state index is 10.4. The van der Waals surface area contributed by atoms with Crippen LogP contribution in [0.1, 0.15) is 130 Å². The van der Waals surface area contributed by atoms with Crippen molar-refractivity contribution in [3.63, 3.8) is 0 Å². The van der Waals surface area contributed by atoms with Crippen LogP contribution in [-0.2, 0) is 0 Å². The summed E-state index contributed by atoms with van der Waals surface area (Å²) in [4.78, 5) is 0. The van der Waals surface area contributed by atoms with Crippen molar-refractivity contribution in [3.8, 4) is 0 Å². The quantitative estimate of drug-likeness (QED) is 0.245. The zero-order valence-electron chi connectivity index (χ0n) is 26.9. The van der Waals surface area contributed by atoms with Crippen molar-refractivity contribution in [2.24, 2.45) is 67.4 Å². The highest BCUT2D eigenvalue weighted by Crippen LogP contribution is 2.66. The van der Waals surface area contributed by atoms with Gasteiger partial charge < -0.3 is 10.2 Å². The van der Waals surface area contributed by atoms with Crippen molar-refractivity contribution in [2.75, 3.05) is 0 Å². The van der Waals surface area contributed by atoms with Gasteiger partial charge in [0.25, 0.3) is 0 Å². The van der Waals surface area contributed by atoms with Gasteiger partial charge in [-0.25, -0.2) is 0 Å². The Labute approximate surface area is 254 Å². The molecule has 6 saturated carbocycles. The molecule has 0 unspecified atom stereocenters. The second-order valence-electron chi connectivity index (χ2n) is 17.4. The minimum absolute atomic E-state index is 0.122. The van der Waals surface area contributed by atoms with Gasteiger partial charge in [-0.05, 0) is 149 Å². The Morgan fingerprint density at radius 2 is 1.14 bits per heavy atom. The predicted molar refractivity (Wildman–Crippen MR) is 170 cm³/mol. The third-order valence-electron chi connectivity index (χ3n) is 15.9. The van der Waals surface area contributed by atoms with Gasteiger partial charge in [0.05, 0.1) is 12.2 Å². The molecule has 8 rings (SSSR count). The van der Waals surface area contributed by atoms with Crippen LogP contribution >= 0.6 is 0 Å². The number of hydrogen-bond acceptors (Lipinski definition) is 4. The number of fused-ring (bicyclic) bond motifs is 10. The Balaban J connectivity index is 1.02. The van der Waals surface area contributed by atoms with Gasteiger partial charge >= 0.3 is 0 Å². The predicted octanol–water partition coefficient (Wildman–Crippen LogP) is 8.43. The molecule has 12 atom stereocenters. The van der Waals surface area contributed by atoms with E-state index >= 15 is 0 Å². The van der Waals surface area contributed by atoms with Crippen molar-refractivity contribution in [1.82, 2.24) is 0 Å². The van der Waals surface area contributed by atoms with Gasteiger partial charge in [0.2, 0.25) is 0 Å². The molecule has 0 radical (unpaired) electrons. The average Bonchev–Trinajstić information content (AvgIpc) is 3.48. The normalized spacial score (nSPS) is 55.1. The van der Waals surface area contributed by atoms with E-state index in [2.05, 4.69) is 39.8 Å². The molecule has 0 aliphatic heterocycles. The fourth-order valence-electron chi connectivity index (χ4n) is 13.4. The minimum Gasteiger partial charge on any atom is -0.393 e. The second kappa shape index (κ2) is 9.62. The Morgan fingerprint density at radius 1 is 0.595 bits per heavy atom. The summed E-state index contributed by atoms with van der Waals surface area (Å²) < 4.78 is 0. The van der Waals surface area contributed by atoms with Gasteiger partial charge in [0, 0.05) is 22.3 Å². The van der Waals surface area contributed by atoms with E-state index in [-0.39, 0.29) is 23.0 Å². The lowest BCUT2D eigenvalue weighted by Crippen LogP contribution is -2.50. The van der Waals surface area contributed by atoms with Crippen LogP contribution in [0.2, 0.25) is 0 Å². The summed E-state index contributed by atoms with van der Waals surface area (Å²) in [6, 6.07) is 0. The highest BCUT2D eigenvalue weighted by atomic mass is 16.3. The van der Waals surface area contributed by atoms with E-state index in [1.807, 2.05) is 0 Å². The Morgan fingerprint density at radius 3 is 1.83 bits per heavy atom. The van der Waals surface area contributed by atoms with Gasteiger partial charge in [-0.1, -0.05) is 51.0 Å². The van der Waals surface area contributed by atoms with Crippen LogP contribution in [0.25, 0.3) is 0 Å². The molecule has 0 aromatic heterocycles. The maximum Gasteiger partial charge on any atom is 0.0724 e. The zero-order chi connectivity index (χ0) is 29.1. The number of nitrogens with zero attached hydrogens (tertiary/aromatic N) is 2. The maximum atomic E-state index is 10.4. The first-order valence-electron chi connectivity index (χ1n) is 18.0. The summed E-state index contributed by atoms with van der Waals surface area (Å²) in [5.41, 5.74) is 7.02. The fourth-order valence-corrected chi connectivity index (χ4v) is 13.4. The van der Waals surface area contributed by atoms with E-state index < -0.39 is 0 Å². The van der Waals surface area contributed by atoms with E-state index in [0.29, 0.717) is 10.8 Å². The lowest BCUT2D eigenvalue weighted by molar-refractivity contribution is -0.0250. The number of aliphatic hydroxyl groups is 2. The molecular formula is C38H56N2O2. The monoisotopic (exact) mass is 572 g/mol. The largest absolute Gasteiger partial charge is 0.393 e. The molecule has 0 bridgehead atoms. The van der Waals surface area contributed by atoms with E-state index in [1.54, 1.807) is 11.1 Å². The van der Waals surface area contributed by atoms with Crippen molar-refractivity contribution in [2.45, 2.75) is 143 Å². The molecule has 0 aromatic rings. The second-order valence-corrected chi connectivity index (χ2v) is 17.4. The third kappa shape index (κ3) is 3.85. The molecule has 0 aromatic carbocycles. The van der Waals surface area contributed by atoms with Crippen molar-refractivity contribution in [1.29, 1.82) is 0 Å². The fraction of sp³-hybridized carbons (Fsp3) is 0.842. The van der Waals surface area contributed by atoms with Crippen LogP contribution in [0.3, 0.4) is 0 Å². The molecule has 6 fully saturated rings.